The predicted molar refractivity (Wildman–Crippen MR) is 157 cm³/mol. The summed E-state index contributed by atoms with van der Waals surface area (Å²) < 4.78 is 5.44. The number of carbonyl (C=O) groups excluding carboxylic acids is 2. The maximum absolute atomic E-state index is 13.8. The van der Waals surface area contributed by atoms with Crippen LogP contribution in [-0.4, -0.2) is 41.4 Å². The SMILES string of the molecule is COc1ccccc1NC(=O)C1=C(C)N=C2SCCCN2C1c1cccc(NC(=O)NCc2ccccc2)c1. The Labute approximate surface area is 232 Å². The summed E-state index contributed by atoms with van der Waals surface area (Å²) in [4.78, 5) is 33.4. The topological polar surface area (TPSA) is 95.1 Å². The van der Waals surface area contributed by atoms with E-state index in [1.54, 1.807) is 18.9 Å². The number of amides is 3. The first kappa shape index (κ1) is 26.4. The Bertz CT molecular complexity index is 1420. The van der Waals surface area contributed by atoms with Gasteiger partial charge in [-0.2, -0.15) is 0 Å². The summed E-state index contributed by atoms with van der Waals surface area (Å²) in [5.41, 5.74) is 4.40. The molecule has 8 nitrogen and oxygen atoms in total. The van der Waals surface area contributed by atoms with Crippen LogP contribution in [0.15, 0.2) is 95.1 Å². The molecule has 2 aliphatic rings. The number of aliphatic imine (C=N–C) groups is 1. The molecule has 0 aliphatic carbocycles. The summed E-state index contributed by atoms with van der Waals surface area (Å²) in [6, 6.07) is 24.1. The zero-order valence-corrected chi connectivity index (χ0v) is 22.8. The smallest absolute Gasteiger partial charge is 0.319 e. The number of benzene rings is 3. The molecule has 2 aliphatic heterocycles. The fraction of sp³-hybridized carbons (Fsp3) is 0.233. The molecule has 0 aromatic heterocycles. The zero-order valence-electron chi connectivity index (χ0n) is 21.9. The molecule has 3 amide bonds. The molecule has 3 aromatic rings. The number of fused-ring (bicyclic) bond motifs is 1. The molecule has 0 saturated carbocycles. The van der Waals surface area contributed by atoms with Gasteiger partial charge in [-0.1, -0.05) is 66.4 Å². The Hall–Kier alpha value is -4.24. The third kappa shape index (κ3) is 6.09. The molecule has 0 bridgehead atoms. The number of nitrogens with one attached hydrogen (secondary N) is 3. The van der Waals surface area contributed by atoms with Crippen molar-refractivity contribution in [1.82, 2.24) is 10.2 Å². The van der Waals surface area contributed by atoms with Crippen molar-refractivity contribution in [2.24, 2.45) is 4.99 Å². The number of ether oxygens (including phenoxy) is 1. The molecule has 0 spiro atoms. The van der Waals surface area contributed by atoms with E-state index in [9.17, 15) is 9.59 Å². The number of methoxy groups -OCH3 is 1. The predicted octanol–water partition coefficient (Wildman–Crippen LogP) is 5.78. The molecule has 5 rings (SSSR count). The van der Waals surface area contributed by atoms with Gasteiger partial charge in [0.2, 0.25) is 0 Å². The number of anilines is 2. The fourth-order valence-electron chi connectivity index (χ4n) is 4.78. The number of rotatable bonds is 7. The number of allylic oxidation sites excluding steroid dienone is 1. The van der Waals surface area contributed by atoms with Gasteiger partial charge < -0.3 is 25.6 Å². The van der Waals surface area contributed by atoms with Crippen molar-refractivity contribution in [3.63, 3.8) is 0 Å². The normalized spacial score (nSPS) is 16.6. The minimum absolute atomic E-state index is 0.237. The van der Waals surface area contributed by atoms with Crippen molar-refractivity contribution in [3.8, 4) is 5.75 Å². The molecule has 1 unspecified atom stereocenters. The average molecular weight is 542 g/mol. The van der Waals surface area contributed by atoms with E-state index in [4.69, 9.17) is 9.73 Å². The fourth-order valence-corrected chi connectivity index (χ4v) is 5.80. The number of hydrogen-bond donors (Lipinski definition) is 3. The zero-order chi connectivity index (χ0) is 27.2. The Morgan fingerprint density at radius 3 is 2.64 bits per heavy atom. The van der Waals surface area contributed by atoms with Crippen LogP contribution in [0.1, 0.15) is 30.5 Å². The first-order valence-corrected chi connectivity index (χ1v) is 13.8. The van der Waals surface area contributed by atoms with Gasteiger partial charge in [0.25, 0.3) is 5.91 Å². The molecule has 2 heterocycles. The molecule has 1 atom stereocenters. The lowest BCUT2D eigenvalue weighted by Crippen LogP contribution is -2.43. The quantitative estimate of drug-likeness (QED) is 0.353. The van der Waals surface area contributed by atoms with Crippen LogP contribution in [0.2, 0.25) is 0 Å². The summed E-state index contributed by atoms with van der Waals surface area (Å²) >= 11 is 1.70. The van der Waals surface area contributed by atoms with Gasteiger partial charge in [0.15, 0.2) is 5.17 Å². The first-order chi connectivity index (χ1) is 19.0. The van der Waals surface area contributed by atoms with Crippen LogP contribution < -0.4 is 20.7 Å². The standard InChI is InChI=1S/C30H31N5O3S/c1-20-26(28(36)34-24-14-6-7-15-25(24)38-2)27(35-16-9-17-39-30(35)32-20)22-12-8-13-23(18-22)33-29(37)31-19-21-10-4-3-5-11-21/h3-8,10-15,18,27H,9,16-17,19H2,1-2H3,(H,34,36)(H2,31,33,37). The molecule has 9 heteroatoms. The average Bonchev–Trinajstić information content (AvgIpc) is 2.96. The lowest BCUT2D eigenvalue weighted by atomic mass is 9.93. The monoisotopic (exact) mass is 541 g/mol. The highest BCUT2D eigenvalue weighted by Crippen LogP contribution is 2.40. The van der Waals surface area contributed by atoms with E-state index in [1.165, 1.54) is 0 Å². The maximum Gasteiger partial charge on any atom is 0.319 e. The van der Waals surface area contributed by atoms with E-state index < -0.39 is 0 Å². The second-order valence-electron chi connectivity index (χ2n) is 9.26. The number of amidine groups is 1. The summed E-state index contributed by atoms with van der Waals surface area (Å²) in [7, 11) is 1.58. The minimum Gasteiger partial charge on any atom is -0.495 e. The largest absolute Gasteiger partial charge is 0.495 e. The molecular weight excluding hydrogens is 510 g/mol. The van der Waals surface area contributed by atoms with E-state index in [1.807, 2.05) is 85.8 Å². The highest BCUT2D eigenvalue weighted by Gasteiger charge is 2.37. The molecule has 3 N–H and O–H groups in total. The van der Waals surface area contributed by atoms with E-state index in [2.05, 4.69) is 20.9 Å². The number of carbonyl (C=O) groups is 2. The summed E-state index contributed by atoms with van der Waals surface area (Å²) in [5.74, 6) is 1.34. The Morgan fingerprint density at radius 2 is 1.82 bits per heavy atom. The van der Waals surface area contributed by atoms with Crippen molar-refractivity contribution in [1.29, 1.82) is 0 Å². The second kappa shape index (κ2) is 12.1. The summed E-state index contributed by atoms with van der Waals surface area (Å²) in [6.45, 7) is 3.09. The van der Waals surface area contributed by atoms with E-state index in [0.717, 1.165) is 35.0 Å². The highest BCUT2D eigenvalue weighted by molar-refractivity contribution is 8.13. The van der Waals surface area contributed by atoms with E-state index in [-0.39, 0.29) is 18.0 Å². The number of urea groups is 1. The van der Waals surface area contributed by atoms with Crippen LogP contribution in [-0.2, 0) is 11.3 Å². The number of para-hydroxylation sites is 2. The number of nitrogens with zero attached hydrogens (tertiary/aromatic N) is 2. The van der Waals surface area contributed by atoms with Crippen LogP contribution in [0.4, 0.5) is 16.2 Å². The van der Waals surface area contributed by atoms with Crippen molar-refractivity contribution < 1.29 is 14.3 Å². The van der Waals surface area contributed by atoms with Crippen LogP contribution in [0.3, 0.4) is 0 Å². The van der Waals surface area contributed by atoms with Gasteiger partial charge in [0, 0.05) is 24.5 Å². The molecule has 1 saturated heterocycles. The van der Waals surface area contributed by atoms with Crippen molar-refractivity contribution >= 4 is 40.2 Å². The second-order valence-corrected chi connectivity index (χ2v) is 10.3. The van der Waals surface area contributed by atoms with Crippen molar-refractivity contribution in [2.45, 2.75) is 25.9 Å². The van der Waals surface area contributed by atoms with Gasteiger partial charge >= 0.3 is 6.03 Å². The van der Waals surface area contributed by atoms with E-state index >= 15 is 0 Å². The third-order valence-electron chi connectivity index (χ3n) is 6.61. The summed E-state index contributed by atoms with van der Waals surface area (Å²) in [5, 5.41) is 9.78. The molecule has 200 valence electrons. The van der Waals surface area contributed by atoms with Gasteiger partial charge in [0.05, 0.1) is 30.1 Å². The molecule has 0 radical (unpaired) electrons. The van der Waals surface area contributed by atoms with Crippen molar-refractivity contribution in [3.05, 3.63) is 101 Å². The highest BCUT2D eigenvalue weighted by atomic mass is 32.2. The molecule has 3 aromatic carbocycles. The number of thioether (sulfide) groups is 1. The van der Waals surface area contributed by atoms with Gasteiger partial charge in [0.1, 0.15) is 5.75 Å². The lowest BCUT2D eigenvalue weighted by Gasteiger charge is -2.41. The Balaban J connectivity index is 1.41. The van der Waals surface area contributed by atoms with Crippen LogP contribution in [0.25, 0.3) is 0 Å². The van der Waals surface area contributed by atoms with Gasteiger partial charge in [-0.05, 0) is 48.7 Å². The van der Waals surface area contributed by atoms with Crippen molar-refractivity contribution in [2.75, 3.05) is 30.0 Å². The lowest BCUT2D eigenvalue weighted by molar-refractivity contribution is -0.113. The third-order valence-corrected chi connectivity index (χ3v) is 7.69. The molecule has 39 heavy (non-hydrogen) atoms. The summed E-state index contributed by atoms with van der Waals surface area (Å²) in [6.07, 6.45) is 0.987. The Kier molecular flexibility index (Phi) is 8.17. The Morgan fingerprint density at radius 1 is 1.03 bits per heavy atom. The minimum atomic E-state index is -0.353. The van der Waals surface area contributed by atoms with Gasteiger partial charge in [-0.3, -0.25) is 4.79 Å². The maximum atomic E-state index is 13.8. The van der Waals surface area contributed by atoms with Crippen LogP contribution in [0, 0.1) is 0 Å². The van der Waals surface area contributed by atoms with Gasteiger partial charge in [-0.15, -0.1) is 0 Å². The molecular formula is C30H31N5O3S. The van der Waals surface area contributed by atoms with Gasteiger partial charge in [-0.25, -0.2) is 9.79 Å². The van der Waals surface area contributed by atoms with E-state index in [0.29, 0.717) is 34.9 Å². The number of hydrogen-bond acceptors (Lipinski definition) is 6. The van der Waals surface area contributed by atoms with Crippen LogP contribution >= 0.6 is 11.8 Å². The molecule has 1 fully saturated rings. The first-order valence-electron chi connectivity index (χ1n) is 12.9. The van der Waals surface area contributed by atoms with Crippen LogP contribution in [0.5, 0.6) is 5.75 Å².